The smallest absolute Gasteiger partial charge is 0.531 e. The Morgan fingerprint density at radius 3 is 2.70 bits per heavy atom. The zero-order valence-corrected chi connectivity index (χ0v) is 16.8. The first-order valence-corrected chi connectivity index (χ1v) is 10.0. The van der Waals surface area contributed by atoms with Crippen LogP contribution in [0.1, 0.15) is 61.4 Å². The highest BCUT2D eigenvalue weighted by Crippen LogP contribution is 2.30. The van der Waals surface area contributed by atoms with Gasteiger partial charge in [-0.1, -0.05) is 25.5 Å². The summed E-state index contributed by atoms with van der Waals surface area (Å²) in [5, 5.41) is 10.1. The third-order valence-corrected chi connectivity index (χ3v) is 4.96. The molecule has 30 heavy (non-hydrogen) atoms. The Labute approximate surface area is 174 Å². The first-order valence-electron chi connectivity index (χ1n) is 10.0. The molecule has 0 bridgehead atoms. The van der Waals surface area contributed by atoms with Crippen LogP contribution in [0.5, 0.6) is 5.75 Å². The Kier molecular flexibility index (Phi) is 7.45. The molecule has 0 saturated heterocycles. The van der Waals surface area contributed by atoms with Gasteiger partial charge in [0.1, 0.15) is 17.4 Å². The summed E-state index contributed by atoms with van der Waals surface area (Å²) in [5.74, 6) is -1.01. The number of carbonyl (C=O) groups is 3. The predicted octanol–water partition coefficient (Wildman–Crippen LogP) is 2.62. The van der Waals surface area contributed by atoms with Gasteiger partial charge in [-0.25, -0.2) is 14.6 Å². The van der Waals surface area contributed by atoms with Gasteiger partial charge in [-0.05, 0) is 37.3 Å². The molecule has 0 unspecified atom stereocenters. The van der Waals surface area contributed by atoms with Gasteiger partial charge < -0.3 is 23.9 Å². The maximum atomic E-state index is 12.4. The molecule has 0 spiro atoms. The Hall–Kier alpha value is -2.88. The number of aliphatic imine (C=N–C) groups is 1. The van der Waals surface area contributed by atoms with Gasteiger partial charge in [0.2, 0.25) is 12.7 Å². The highest BCUT2D eigenvalue weighted by atomic mass is 16.8. The maximum absolute atomic E-state index is 12.4. The van der Waals surface area contributed by atoms with E-state index in [-0.39, 0.29) is 41.8 Å². The van der Waals surface area contributed by atoms with Gasteiger partial charge in [0.05, 0.1) is 5.61 Å². The quantitative estimate of drug-likeness (QED) is 0.441. The predicted molar refractivity (Wildman–Crippen MR) is 106 cm³/mol. The van der Waals surface area contributed by atoms with Crippen molar-refractivity contribution < 1.29 is 38.3 Å². The average molecular weight is 417 g/mol. The normalized spacial score (nSPS) is 17.7. The highest BCUT2D eigenvalue weighted by Gasteiger charge is 2.34. The van der Waals surface area contributed by atoms with Crippen LogP contribution in [-0.2, 0) is 25.4 Å². The molecular weight excluding hydrogens is 393 g/mol. The van der Waals surface area contributed by atoms with E-state index >= 15 is 0 Å². The summed E-state index contributed by atoms with van der Waals surface area (Å²) in [6.07, 6.45) is 4.10. The number of ether oxygens (including phenoxy) is 3. The molecule has 3 rings (SSSR count). The summed E-state index contributed by atoms with van der Waals surface area (Å²) < 4.78 is 20.4. The van der Waals surface area contributed by atoms with Crippen molar-refractivity contribution in [2.45, 2.75) is 58.0 Å². The van der Waals surface area contributed by atoms with Gasteiger partial charge in [-0.2, -0.15) is 0 Å². The number of benzene rings is 1. The van der Waals surface area contributed by atoms with Crippen molar-refractivity contribution in [3.8, 4) is 5.75 Å². The van der Waals surface area contributed by atoms with Crippen LogP contribution < -0.4 is 4.65 Å². The fourth-order valence-electron chi connectivity index (χ4n) is 3.38. The molecule has 9 nitrogen and oxygen atoms in total. The van der Waals surface area contributed by atoms with Crippen molar-refractivity contribution in [2.75, 3.05) is 6.79 Å². The van der Waals surface area contributed by atoms with Crippen LogP contribution in [0.3, 0.4) is 0 Å². The minimum Gasteiger partial charge on any atom is -0.531 e. The molecule has 2 aliphatic rings. The Balaban J connectivity index is 1.57. The fraction of sp³-hybridized carbons (Fsp3) is 0.500. The number of fused-ring (bicyclic) bond motifs is 1. The van der Waals surface area contributed by atoms with Crippen LogP contribution in [0.25, 0.3) is 0 Å². The van der Waals surface area contributed by atoms with Crippen LogP contribution in [0.2, 0.25) is 0 Å². The lowest BCUT2D eigenvalue weighted by Gasteiger charge is -2.23. The molecule has 1 fully saturated rings. The van der Waals surface area contributed by atoms with Crippen molar-refractivity contribution in [1.29, 1.82) is 0 Å². The lowest BCUT2D eigenvalue weighted by atomic mass is 9.75. The third kappa shape index (κ3) is 5.59. The standard InChI is InChI=1S/C20H24BNO8/c1-2-17(23)22-16-11-13-7-6-10-15(18(13)30-21(16)26)19(24)27-12-28-20(25)29-14-8-4-3-5-9-14/h6-7,10,14,26H,2-5,8-9,11-12H2,1H3. The van der Waals surface area contributed by atoms with Gasteiger partial charge in [0, 0.05) is 12.8 Å². The summed E-state index contributed by atoms with van der Waals surface area (Å²) in [5.41, 5.74) is 0.820. The number of amides is 1. The van der Waals surface area contributed by atoms with E-state index in [9.17, 15) is 19.4 Å². The molecule has 1 aliphatic heterocycles. The second-order valence-corrected chi connectivity index (χ2v) is 7.11. The zero-order chi connectivity index (χ0) is 21.5. The maximum Gasteiger partial charge on any atom is 0.575 e. The van der Waals surface area contributed by atoms with E-state index < -0.39 is 26.0 Å². The molecule has 1 aliphatic carbocycles. The largest absolute Gasteiger partial charge is 0.575 e. The molecule has 1 N–H and O–H groups in total. The monoisotopic (exact) mass is 417 g/mol. The van der Waals surface area contributed by atoms with E-state index in [0.717, 1.165) is 32.1 Å². The topological polar surface area (TPSA) is 121 Å². The molecule has 160 valence electrons. The molecule has 10 heteroatoms. The number of rotatable bonds is 5. The molecule has 1 amide bonds. The van der Waals surface area contributed by atoms with Crippen molar-refractivity contribution in [3.63, 3.8) is 0 Å². The summed E-state index contributed by atoms with van der Waals surface area (Å²) in [6, 6.07) is 4.78. The van der Waals surface area contributed by atoms with E-state index in [4.69, 9.17) is 18.9 Å². The molecule has 0 radical (unpaired) electrons. The number of hydrogen-bond donors (Lipinski definition) is 1. The first-order chi connectivity index (χ1) is 14.5. The Morgan fingerprint density at radius 2 is 1.97 bits per heavy atom. The van der Waals surface area contributed by atoms with Crippen LogP contribution in [-0.4, -0.2) is 48.7 Å². The number of carbonyl (C=O) groups excluding carboxylic acids is 3. The van der Waals surface area contributed by atoms with Crippen molar-refractivity contribution in [2.24, 2.45) is 4.99 Å². The fourth-order valence-corrected chi connectivity index (χ4v) is 3.38. The van der Waals surface area contributed by atoms with Gasteiger partial charge >= 0.3 is 19.2 Å². The molecular formula is C20H24BNO8. The van der Waals surface area contributed by atoms with Gasteiger partial charge in [0.15, 0.2) is 0 Å². The molecule has 0 aromatic heterocycles. The lowest BCUT2D eigenvalue weighted by Crippen LogP contribution is -2.39. The van der Waals surface area contributed by atoms with E-state index in [1.165, 1.54) is 6.07 Å². The lowest BCUT2D eigenvalue weighted by molar-refractivity contribution is -0.117. The number of para-hydroxylation sites is 1. The highest BCUT2D eigenvalue weighted by molar-refractivity contribution is 6.82. The Bertz CT molecular complexity index is 834. The molecule has 1 heterocycles. The molecule has 1 aromatic rings. The molecule has 1 saturated carbocycles. The SMILES string of the molecule is CCC(=O)N=C1Cc2cccc(C(=O)OCOC(=O)OC3CCCCC3)c2OB1O. The van der Waals surface area contributed by atoms with Crippen LogP contribution >= 0.6 is 0 Å². The minimum atomic E-state index is -1.44. The van der Waals surface area contributed by atoms with Crippen molar-refractivity contribution in [1.82, 2.24) is 0 Å². The summed E-state index contributed by atoms with van der Waals surface area (Å²) in [6.45, 7) is 1.06. The summed E-state index contributed by atoms with van der Waals surface area (Å²) >= 11 is 0. The van der Waals surface area contributed by atoms with Crippen LogP contribution in [0.4, 0.5) is 4.79 Å². The third-order valence-electron chi connectivity index (χ3n) is 4.96. The van der Waals surface area contributed by atoms with E-state index in [0.29, 0.717) is 5.56 Å². The number of nitrogens with zero attached hydrogens (tertiary/aromatic N) is 1. The zero-order valence-electron chi connectivity index (χ0n) is 16.8. The second kappa shape index (κ2) is 10.2. The minimum absolute atomic E-state index is 0.0664. The van der Waals surface area contributed by atoms with E-state index in [1.807, 2.05) is 0 Å². The Morgan fingerprint density at radius 1 is 1.20 bits per heavy atom. The summed E-state index contributed by atoms with van der Waals surface area (Å²) in [4.78, 5) is 39.5. The first kappa shape index (κ1) is 21.8. The molecule has 1 aromatic carbocycles. The van der Waals surface area contributed by atoms with Gasteiger partial charge in [-0.15, -0.1) is 0 Å². The van der Waals surface area contributed by atoms with Gasteiger partial charge in [0.25, 0.3) is 0 Å². The number of esters is 1. The average Bonchev–Trinajstić information content (AvgIpc) is 2.74. The van der Waals surface area contributed by atoms with Gasteiger partial charge in [-0.3, -0.25) is 4.79 Å². The van der Waals surface area contributed by atoms with Crippen molar-refractivity contribution >= 4 is 30.8 Å². The second-order valence-electron chi connectivity index (χ2n) is 7.11. The van der Waals surface area contributed by atoms with Crippen molar-refractivity contribution in [3.05, 3.63) is 29.3 Å². The number of hydrogen-bond acceptors (Lipinski definition) is 8. The van der Waals surface area contributed by atoms with Crippen LogP contribution in [0, 0.1) is 0 Å². The van der Waals surface area contributed by atoms with E-state index in [1.54, 1.807) is 19.1 Å². The van der Waals surface area contributed by atoms with Crippen LogP contribution in [0.15, 0.2) is 23.2 Å². The molecule has 0 atom stereocenters. The van der Waals surface area contributed by atoms with E-state index in [2.05, 4.69) is 4.99 Å². The summed E-state index contributed by atoms with van der Waals surface area (Å²) in [7, 11) is -1.44.